The number of aromatic nitrogens is 2. The molecule has 5 nitrogen and oxygen atoms in total. The molecule has 20 heavy (non-hydrogen) atoms. The Bertz CT molecular complexity index is 643. The molecule has 0 spiro atoms. The van der Waals surface area contributed by atoms with Crippen LogP contribution in [-0.4, -0.2) is 22.7 Å². The minimum Gasteiger partial charge on any atom is -0.460 e. The van der Waals surface area contributed by atoms with Gasteiger partial charge in [0.25, 0.3) is 5.82 Å². The summed E-state index contributed by atoms with van der Waals surface area (Å²) < 4.78 is 48.6. The zero-order valence-corrected chi connectivity index (χ0v) is 10.3. The smallest absolute Gasteiger partial charge is 0.379 e. The Morgan fingerprint density at radius 1 is 1.30 bits per heavy atom. The normalized spacial score (nSPS) is 10.6. The lowest BCUT2D eigenvalue weighted by molar-refractivity contribution is 0.0508. The second-order valence-electron chi connectivity index (χ2n) is 3.74. The van der Waals surface area contributed by atoms with E-state index in [4.69, 9.17) is 4.52 Å². The van der Waals surface area contributed by atoms with E-state index in [0.717, 1.165) is 12.1 Å². The number of nitrogens with zero attached hydrogens (tertiary/aromatic N) is 2. The van der Waals surface area contributed by atoms with Crippen LogP contribution in [0.3, 0.4) is 0 Å². The van der Waals surface area contributed by atoms with E-state index in [1.165, 1.54) is 0 Å². The van der Waals surface area contributed by atoms with Crippen molar-refractivity contribution in [3.05, 3.63) is 46.9 Å². The number of rotatable bonds is 4. The van der Waals surface area contributed by atoms with E-state index in [2.05, 4.69) is 14.9 Å². The van der Waals surface area contributed by atoms with Crippen molar-refractivity contribution >= 4 is 5.97 Å². The van der Waals surface area contributed by atoms with Gasteiger partial charge in [0.05, 0.1) is 13.0 Å². The molecular weight excluding hydrogens is 277 g/mol. The van der Waals surface area contributed by atoms with Crippen LogP contribution < -0.4 is 0 Å². The van der Waals surface area contributed by atoms with Crippen LogP contribution in [0.25, 0.3) is 0 Å². The SMILES string of the molecule is CCOC(=O)c1noc(Cc2ccc(F)c(F)c2F)n1. The molecule has 0 radical (unpaired) electrons. The molecule has 0 saturated heterocycles. The number of ether oxygens (including phenoxy) is 1. The molecule has 0 fully saturated rings. The van der Waals surface area contributed by atoms with Gasteiger partial charge in [0, 0.05) is 5.56 Å². The van der Waals surface area contributed by atoms with E-state index in [1.54, 1.807) is 6.92 Å². The van der Waals surface area contributed by atoms with Crippen molar-refractivity contribution < 1.29 is 27.2 Å². The fraction of sp³-hybridized carbons (Fsp3) is 0.250. The van der Waals surface area contributed by atoms with Crippen molar-refractivity contribution in [2.45, 2.75) is 13.3 Å². The summed E-state index contributed by atoms with van der Waals surface area (Å²) in [7, 11) is 0. The highest BCUT2D eigenvalue weighted by Crippen LogP contribution is 2.17. The molecule has 0 N–H and O–H groups in total. The minimum atomic E-state index is -1.58. The van der Waals surface area contributed by atoms with Crippen LogP contribution in [0.2, 0.25) is 0 Å². The lowest BCUT2D eigenvalue weighted by Gasteiger charge is -2.01. The third kappa shape index (κ3) is 2.79. The van der Waals surface area contributed by atoms with Gasteiger partial charge in [-0.15, -0.1) is 0 Å². The molecule has 0 unspecified atom stereocenters. The molecule has 1 heterocycles. The number of hydrogen-bond donors (Lipinski definition) is 0. The number of carbonyl (C=O) groups is 1. The second-order valence-corrected chi connectivity index (χ2v) is 3.74. The summed E-state index contributed by atoms with van der Waals surface area (Å²) in [4.78, 5) is 15.0. The molecule has 2 rings (SSSR count). The first-order valence-electron chi connectivity index (χ1n) is 5.65. The molecule has 0 bridgehead atoms. The molecule has 0 aliphatic carbocycles. The third-order valence-corrected chi connectivity index (χ3v) is 2.38. The van der Waals surface area contributed by atoms with Gasteiger partial charge in [0.2, 0.25) is 5.89 Å². The average Bonchev–Trinajstić information content (AvgIpc) is 2.88. The van der Waals surface area contributed by atoms with Gasteiger partial charge in [-0.1, -0.05) is 6.07 Å². The lowest BCUT2D eigenvalue weighted by Crippen LogP contribution is -2.06. The maximum absolute atomic E-state index is 13.4. The van der Waals surface area contributed by atoms with Crippen LogP contribution in [0.15, 0.2) is 16.7 Å². The number of hydrogen-bond acceptors (Lipinski definition) is 5. The average molecular weight is 286 g/mol. The van der Waals surface area contributed by atoms with E-state index < -0.39 is 23.4 Å². The summed E-state index contributed by atoms with van der Waals surface area (Å²) in [6.45, 7) is 1.75. The largest absolute Gasteiger partial charge is 0.460 e. The van der Waals surface area contributed by atoms with E-state index in [1.807, 2.05) is 0 Å². The Morgan fingerprint density at radius 3 is 2.75 bits per heavy atom. The topological polar surface area (TPSA) is 65.2 Å². The summed E-state index contributed by atoms with van der Waals surface area (Å²) >= 11 is 0. The number of carbonyl (C=O) groups excluding carboxylic acids is 1. The highest BCUT2D eigenvalue weighted by atomic mass is 19.2. The maximum Gasteiger partial charge on any atom is 0.379 e. The molecule has 8 heteroatoms. The molecule has 0 amide bonds. The monoisotopic (exact) mass is 286 g/mol. The zero-order chi connectivity index (χ0) is 14.7. The minimum absolute atomic E-state index is 0.113. The van der Waals surface area contributed by atoms with E-state index in [9.17, 15) is 18.0 Å². The third-order valence-electron chi connectivity index (χ3n) is 2.38. The van der Waals surface area contributed by atoms with Gasteiger partial charge in [-0.2, -0.15) is 4.98 Å². The zero-order valence-electron chi connectivity index (χ0n) is 10.3. The summed E-state index contributed by atoms with van der Waals surface area (Å²) in [6, 6.07) is 1.85. The summed E-state index contributed by atoms with van der Waals surface area (Å²) in [5, 5.41) is 3.35. The van der Waals surface area contributed by atoms with Crippen molar-refractivity contribution in [1.82, 2.24) is 10.1 Å². The van der Waals surface area contributed by atoms with Gasteiger partial charge in [0.1, 0.15) is 0 Å². The van der Waals surface area contributed by atoms with E-state index in [-0.39, 0.29) is 30.3 Å². The number of benzene rings is 1. The van der Waals surface area contributed by atoms with Crippen LogP contribution in [0.4, 0.5) is 13.2 Å². The van der Waals surface area contributed by atoms with Gasteiger partial charge in [-0.25, -0.2) is 18.0 Å². The first kappa shape index (κ1) is 14.0. The fourth-order valence-electron chi connectivity index (χ4n) is 1.47. The van der Waals surface area contributed by atoms with Crippen LogP contribution in [0.5, 0.6) is 0 Å². The number of halogens is 3. The van der Waals surface area contributed by atoms with Crippen molar-refractivity contribution in [2.24, 2.45) is 0 Å². The maximum atomic E-state index is 13.4. The van der Waals surface area contributed by atoms with Crippen LogP contribution in [0.1, 0.15) is 29.0 Å². The molecule has 106 valence electrons. The molecule has 0 saturated carbocycles. The van der Waals surface area contributed by atoms with Gasteiger partial charge in [0.15, 0.2) is 17.5 Å². The quantitative estimate of drug-likeness (QED) is 0.637. The van der Waals surface area contributed by atoms with Crippen molar-refractivity contribution in [2.75, 3.05) is 6.61 Å². The van der Waals surface area contributed by atoms with Gasteiger partial charge >= 0.3 is 5.97 Å². The first-order chi connectivity index (χ1) is 9.52. The van der Waals surface area contributed by atoms with E-state index in [0.29, 0.717) is 0 Å². The summed E-state index contributed by atoms with van der Waals surface area (Å²) in [6.07, 6.45) is -0.268. The predicted molar refractivity (Wildman–Crippen MR) is 59.4 cm³/mol. The standard InChI is InChI=1S/C12H9F3N2O3/c1-2-19-12(18)11-16-8(20-17-11)5-6-3-4-7(13)10(15)9(6)14/h3-4H,2,5H2,1H3. The lowest BCUT2D eigenvalue weighted by atomic mass is 10.1. The Labute approximate surface area is 111 Å². The van der Waals surface area contributed by atoms with Crippen LogP contribution in [-0.2, 0) is 11.2 Å². The van der Waals surface area contributed by atoms with Gasteiger partial charge < -0.3 is 9.26 Å². The van der Waals surface area contributed by atoms with Gasteiger partial charge in [-0.05, 0) is 18.1 Å². The molecule has 0 aliphatic heterocycles. The van der Waals surface area contributed by atoms with Crippen molar-refractivity contribution in [3.8, 4) is 0 Å². The Morgan fingerprint density at radius 2 is 2.05 bits per heavy atom. The highest BCUT2D eigenvalue weighted by molar-refractivity contribution is 5.84. The molecule has 0 atom stereocenters. The highest BCUT2D eigenvalue weighted by Gasteiger charge is 2.19. The van der Waals surface area contributed by atoms with Crippen molar-refractivity contribution in [3.63, 3.8) is 0 Å². The van der Waals surface area contributed by atoms with E-state index >= 15 is 0 Å². The fourth-order valence-corrected chi connectivity index (χ4v) is 1.47. The Kier molecular flexibility index (Phi) is 4.02. The van der Waals surface area contributed by atoms with Gasteiger partial charge in [-0.3, -0.25) is 0 Å². The Hall–Kier alpha value is -2.38. The molecule has 2 aromatic rings. The molecule has 0 aliphatic rings. The second kappa shape index (κ2) is 5.72. The van der Waals surface area contributed by atoms with Crippen LogP contribution >= 0.6 is 0 Å². The molecule has 1 aromatic heterocycles. The first-order valence-corrected chi connectivity index (χ1v) is 5.65. The summed E-state index contributed by atoms with van der Waals surface area (Å²) in [5.74, 6) is -5.41. The number of esters is 1. The molecule has 1 aromatic carbocycles. The summed E-state index contributed by atoms with van der Waals surface area (Å²) in [5.41, 5.74) is -0.164. The Balaban J connectivity index is 2.19. The predicted octanol–water partition coefficient (Wildman–Crippen LogP) is 2.25. The molecular formula is C12H9F3N2O3. The van der Waals surface area contributed by atoms with Crippen LogP contribution in [0, 0.1) is 17.5 Å². The van der Waals surface area contributed by atoms with Crippen molar-refractivity contribution in [1.29, 1.82) is 0 Å².